The first-order valence-corrected chi connectivity index (χ1v) is 8.35. The van der Waals surface area contributed by atoms with Crippen LogP contribution < -0.4 is 5.32 Å². The number of hydrogen-bond acceptors (Lipinski definition) is 2. The molecular formula is C19H23NO2. The third kappa shape index (κ3) is 4.06. The fourth-order valence-corrected chi connectivity index (χ4v) is 3.08. The van der Waals surface area contributed by atoms with Gasteiger partial charge in [0.05, 0.1) is 0 Å². The van der Waals surface area contributed by atoms with Gasteiger partial charge in [-0.05, 0) is 43.2 Å². The lowest BCUT2D eigenvalue weighted by molar-refractivity contribution is -0.116. The average molecular weight is 297 g/mol. The maximum atomic E-state index is 12.1. The zero-order valence-corrected chi connectivity index (χ0v) is 12.9. The van der Waals surface area contributed by atoms with E-state index < -0.39 is 0 Å². The molecule has 2 aliphatic rings. The highest BCUT2D eigenvalue weighted by Gasteiger charge is 2.22. The van der Waals surface area contributed by atoms with Crippen LogP contribution in [0, 0.1) is 0 Å². The number of ketones is 1. The Morgan fingerprint density at radius 2 is 1.59 bits per heavy atom. The molecule has 116 valence electrons. The van der Waals surface area contributed by atoms with Crippen LogP contribution in [0.4, 0.5) is 0 Å². The second-order valence-electron chi connectivity index (χ2n) is 6.44. The van der Waals surface area contributed by atoms with Crippen molar-refractivity contribution in [2.45, 2.75) is 56.9 Å². The van der Waals surface area contributed by atoms with E-state index in [4.69, 9.17) is 0 Å². The summed E-state index contributed by atoms with van der Waals surface area (Å²) < 4.78 is 0. The molecule has 1 N–H and O–H groups in total. The fraction of sp³-hybridized carbons (Fsp3) is 0.474. The van der Waals surface area contributed by atoms with E-state index in [1.54, 1.807) is 0 Å². The SMILES string of the molecule is O=C(/C=C/C(=O)c1ccc(C2CCCCC2)cc1)NC1CC1. The number of amides is 1. The first-order chi connectivity index (χ1) is 10.7. The summed E-state index contributed by atoms with van der Waals surface area (Å²) in [5.74, 6) is 0.369. The van der Waals surface area contributed by atoms with E-state index in [1.807, 2.05) is 12.1 Å². The first-order valence-electron chi connectivity index (χ1n) is 8.35. The van der Waals surface area contributed by atoms with E-state index in [-0.39, 0.29) is 11.7 Å². The van der Waals surface area contributed by atoms with Gasteiger partial charge in [-0.2, -0.15) is 0 Å². The molecule has 0 aliphatic heterocycles. The van der Waals surface area contributed by atoms with Crippen LogP contribution in [0.15, 0.2) is 36.4 Å². The summed E-state index contributed by atoms with van der Waals surface area (Å²) in [7, 11) is 0. The maximum absolute atomic E-state index is 12.1. The minimum atomic E-state index is -0.172. The van der Waals surface area contributed by atoms with Gasteiger partial charge >= 0.3 is 0 Å². The van der Waals surface area contributed by atoms with Gasteiger partial charge < -0.3 is 5.32 Å². The minimum Gasteiger partial charge on any atom is -0.350 e. The smallest absolute Gasteiger partial charge is 0.244 e. The largest absolute Gasteiger partial charge is 0.350 e. The van der Waals surface area contributed by atoms with E-state index in [2.05, 4.69) is 17.4 Å². The molecule has 2 aliphatic carbocycles. The van der Waals surface area contributed by atoms with Gasteiger partial charge in [0.15, 0.2) is 5.78 Å². The van der Waals surface area contributed by atoms with Gasteiger partial charge in [-0.3, -0.25) is 9.59 Å². The van der Waals surface area contributed by atoms with Crippen molar-refractivity contribution >= 4 is 11.7 Å². The lowest BCUT2D eigenvalue weighted by Gasteiger charge is -2.21. The topological polar surface area (TPSA) is 46.2 Å². The molecule has 0 heterocycles. The fourth-order valence-electron chi connectivity index (χ4n) is 3.08. The predicted octanol–water partition coefficient (Wildman–Crippen LogP) is 3.75. The molecule has 0 spiro atoms. The summed E-state index contributed by atoms with van der Waals surface area (Å²) in [4.78, 5) is 23.6. The predicted molar refractivity (Wildman–Crippen MR) is 86.9 cm³/mol. The van der Waals surface area contributed by atoms with Crippen molar-refractivity contribution < 1.29 is 9.59 Å². The summed E-state index contributed by atoms with van der Waals surface area (Å²) >= 11 is 0. The Labute approximate surface area is 131 Å². The zero-order chi connectivity index (χ0) is 15.4. The van der Waals surface area contributed by atoms with Gasteiger partial charge in [0.2, 0.25) is 5.91 Å². The van der Waals surface area contributed by atoms with E-state index in [0.717, 1.165) is 12.8 Å². The van der Waals surface area contributed by atoms with Crippen molar-refractivity contribution in [3.8, 4) is 0 Å². The Morgan fingerprint density at radius 3 is 2.23 bits per heavy atom. The third-order valence-corrected chi connectivity index (χ3v) is 4.58. The van der Waals surface area contributed by atoms with Crippen LogP contribution in [-0.2, 0) is 4.79 Å². The number of nitrogens with one attached hydrogen (secondary N) is 1. The molecule has 3 rings (SSSR count). The van der Waals surface area contributed by atoms with Crippen molar-refractivity contribution in [2.24, 2.45) is 0 Å². The first kappa shape index (κ1) is 15.0. The molecule has 1 aromatic carbocycles. The number of carbonyl (C=O) groups is 2. The van der Waals surface area contributed by atoms with Crippen LogP contribution in [0.3, 0.4) is 0 Å². The Balaban J connectivity index is 1.57. The summed E-state index contributed by atoms with van der Waals surface area (Å²) in [6.07, 6.45) is 11.3. The molecule has 3 heteroatoms. The van der Waals surface area contributed by atoms with Gasteiger partial charge in [-0.15, -0.1) is 0 Å². The zero-order valence-electron chi connectivity index (χ0n) is 12.9. The normalized spacial score (nSPS) is 19.3. The van der Waals surface area contributed by atoms with Crippen molar-refractivity contribution in [3.05, 3.63) is 47.5 Å². The lowest BCUT2D eigenvalue weighted by Crippen LogP contribution is -2.23. The van der Waals surface area contributed by atoms with E-state index >= 15 is 0 Å². The molecule has 1 amide bonds. The number of benzene rings is 1. The number of carbonyl (C=O) groups excluding carboxylic acids is 2. The van der Waals surface area contributed by atoms with Crippen LogP contribution in [0.25, 0.3) is 0 Å². The lowest BCUT2D eigenvalue weighted by atomic mass is 9.84. The monoisotopic (exact) mass is 297 g/mol. The minimum absolute atomic E-state index is 0.110. The molecule has 0 aromatic heterocycles. The van der Waals surface area contributed by atoms with Crippen LogP contribution in [0.5, 0.6) is 0 Å². The highest BCUT2D eigenvalue weighted by Crippen LogP contribution is 2.32. The van der Waals surface area contributed by atoms with Crippen LogP contribution in [-0.4, -0.2) is 17.7 Å². The molecule has 1 aromatic rings. The summed E-state index contributed by atoms with van der Waals surface area (Å²) in [6, 6.07) is 8.23. The van der Waals surface area contributed by atoms with Crippen LogP contribution in [0.1, 0.15) is 66.8 Å². The molecule has 0 saturated heterocycles. The number of allylic oxidation sites excluding steroid dienone is 1. The Hall–Kier alpha value is -1.90. The third-order valence-electron chi connectivity index (χ3n) is 4.58. The number of rotatable bonds is 5. The maximum Gasteiger partial charge on any atom is 0.244 e. The Kier molecular flexibility index (Phi) is 4.71. The molecule has 2 fully saturated rings. The van der Waals surface area contributed by atoms with Gasteiger partial charge in [0, 0.05) is 17.7 Å². The number of hydrogen-bond donors (Lipinski definition) is 1. The highest BCUT2D eigenvalue weighted by molar-refractivity contribution is 6.07. The molecule has 0 radical (unpaired) electrons. The molecule has 0 atom stereocenters. The highest BCUT2D eigenvalue weighted by atomic mass is 16.1. The van der Waals surface area contributed by atoms with Gasteiger partial charge in [0.1, 0.15) is 0 Å². The summed E-state index contributed by atoms with van der Waals surface area (Å²) in [6.45, 7) is 0. The Morgan fingerprint density at radius 1 is 0.909 bits per heavy atom. The van der Waals surface area contributed by atoms with Gasteiger partial charge in [0.25, 0.3) is 0 Å². The molecule has 22 heavy (non-hydrogen) atoms. The van der Waals surface area contributed by atoms with Gasteiger partial charge in [-0.25, -0.2) is 0 Å². The summed E-state index contributed by atoms with van der Waals surface area (Å²) in [5, 5.41) is 2.83. The second kappa shape index (κ2) is 6.91. The van der Waals surface area contributed by atoms with E-state index in [0.29, 0.717) is 17.5 Å². The molecule has 3 nitrogen and oxygen atoms in total. The van der Waals surface area contributed by atoms with Crippen molar-refractivity contribution in [3.63, 3.8) is 0 Å². The standard InChI is InChI=1S/C19H23NO2/c21-18(12-13-19(22)20-17-10-11-17)16-8-6-15(7-9-16)14-4-2-1-3-5-14/h6-9,12-14,17H,1-5,10-11H2,(H,20,22)/b13-12+. The van der Waals surface area contributed by atoms with Crippen molar-refractivity contribution in [1.29, 1.82) is 0 Å². The quantitative estimate of drug-likeness (QED) is 0.664. The molecule has 0 bridgehead atoms. The van der Waals surface area contributed by atoms with Crippen LogP contribution >= 0.6 is 0 Å². The molecule has 0 unspecified atom stereocenters. The molecular weight excluding hydrogens is 274 g/mol. The van der Waals surface area contributed by atoms with E-state index in [1.165, 1.54) is 49.8 Å². The van der Waals surface area contributed by atoms with E-state index in [9.17, 15) is 9.59 Å². The van der Waals surface area contributed by atoms with Gasteiger partial charge in [-0.1, -0.05) is 43.5 Å². The Bertz CT molecular complexity index is 564. The van der Waals surface area contributed by atoms with Crippen molar-refractivity contribution in [1.82, 2.24) is 5.32 Å². The second-order valence-corrected chi connectivity index (χ2v) is 6.44. The molecule has 2 saturated carbocycles. The van der Waals surface area contributed by atoms with Crippen LogP contribution in [0.2, 0.25) is 0 Å². The van der Waals surface area contributed by atoms with Crippen molar-refractivity contribution in [2.75, 3.05) is 0 Å². The summed E-state index contributed by atoms with van der Waals surface area (Å²) in [5.41, 5.74) is 1.99. The average Bonchev–Trinajstić information content (AvgIpc) is 3.37.